The van der Waals surface area contributed by atoms with Crippen LogP contribution in [0.25, 0.3) is 0 Å². The van der Waals surface area contributed by atoms with Crippen molar-refractivity contribution in [2.75, 3.05) is 40.9 Å². The highest BCUT2D eigenvalue weighted by atomic mass is 31.2. The molecule has 3 atom stereocenters. The third-order valence-electron chi connectivity index (χ3n) is 17.0. The Hall–Kier alpha value is -2.81. The van der Waals surface area contributed by atoms with Gasteiger partial charge < -0.3 is 28.5 Å². The zero-order chi connectivity index (χ0) is 65.6. The molecule has 0 heterocycles. The molecular weight excluding hydrogens is 1130 g/mol. The van der Waals surface area contributed by atoms with Gasteiger partial charge in [-0.1, -0.05) is 324 Å². The zero-order valence-electron chi connectivity index (χ0n) is 60.1. The maximum Gasteiger partial charge on any atom is 0.306 e. The van der Waals surface area contributed by atoms with Gasteiger partial charge in [-0.2, -0.15) is 0 Å². The van der Waals surface area contributed by atoms with E-state index in [1.54, 1.807) is 0 Å². The Bertz CT molecular complexity index is 1810. The maximum absolute atomic E-state index is 13.6. The van der Waals surface area contributed by atoms with Crippen molar-refractivity contribution in [3.63, 3.8) is 0 Å². The van der Waals surface area contributed by atoms with Crippen LogP contribution >= 0.6 is 7.82 Å². The van der Waals surface area contributed by atoms with Gasteiger partial charge in [0.05, 0.1) is 33.8 Å². The van der Waals surface area contributed by atoms with Gasteiger partial charge in [-0.15, -0.1) is 0 Å². The van der Waals surface area contributed by atoms with Gasteiger partial charge in [0.1, 0.15) is 19.3 Å². The van der Waals surface area contributed by atoms with E-state index >= 15 is 0 Å². The molecule has 524 valence electrons. The SMILES string of the molecule is CCCCC/C=C\C/C=C\C/C=C\C/C=C\CCCCCCCCCCCCCC(=O)OC(/C=C/CCCCCCCCCCCC)C(COP(=O)([O-])OCC[N+](C)(C)C)NC(=O)CCCCCCCCCCCCCCCCC/C=C\C/C=C\CCCCC. The molecule has 0 aromatic heterocycles. The molecule has 0 rings (SSSR count). The maximum atomic E-state index is 13.6. The lowest BCUT2D eigenvalue weighted by molar-refractivity contribution is -0.870. The number of unbranched alkanes of at least 4 members (excludes halogenated alkanes) is 42. The summed E-state index contributed by atoms with van der Waals surface area (Å²) in [4.78, 5) is 40.3. The second kappa shape index (κ2) is 69.0. The number of nitrogens with one attached hydrogen (secondary N) is 1. The molecule has 0 bridgehead atoms. The number of phosphoric ester groups is 1. The molecule has 0 fully saturated rings. The molecule has 0 saturated heterocycles. The summed E-state index contributed by atoms with van der Waals surface area (Å²) in [6.07, 6.45) is 92.9. The molecule has 0 radical (unpaired) electrons. The van der Waals surface area contributed by atoms with Crippen LogP contribution in [0.4, 0.5) is 0 Å². The highest BCUT2D eigenvalue weighted by Crippen LogP contribution is 2.38. The summed E-state index contributed by atoms with van der Waals surface area (Å²) < 4.78 is 30.5. The molecule has 90 heavy (non-hydrogen) atoms. The van der Waals surface area contributed by atoms with E-state index in [9.17, 15) is 19.0 Å². The van der Waals surface area contributed by atoms with Crippen molar-refractivity contribution in [1.29, 1.82) is 0 Å². The number of hydrogen-bond donors (Lipinski definition) is 1. The lowest BCUT2D eigenvalue weighted by Crippen LogP contribution is -2.47. The van der Waals surface area contributed by atoms with E-state index in [0.717, 1.165) is 83.5 Å². The number of hydrogen-bond acceptors (Lipinski definition) is 7. The minimum Gasteiger partial charge on any atom is -0.756 e. The van der Waals surface area contributed by atoms with Gasteiger partial charge in [-0.25, -0.2) is 0 Å². The van der Waals surface area contributed by atoms with Crippen LogP contribution < -0.4 is 10.2 Å². The number of phosphoric acid groups is 1. The second-order valence-electron chi connectivity index (χ2n) is 27.1. The first-order valence-electron chi connectivity index (χ1n) is 38.4. The van der Waals surface area contributed by atoms with E-state index in [1.165, 1.54) is 244 Å². The molecule has 3 unspecified atom stereocenters. The van der Waals surface area contributed by atoms with E-state index in [1.807, 2.05) is 33.3 Å². The molecule has 0 aromatic rings. The van der Waals surface area contributed by atoms with E-state index in [4.69, 9.17) is 13.8 Å². The molecular formula is C80H147N2O7P. The molecule has 0 aromatic carbocycles. The van der Waals surface area contributed by atoms with Crippen molar-refractivity contribution >= 4 is 19.7 Å². The quantitative estimate of drug-likeness (QED) is 0.0212. The number of rotatable bonds is 70. The minimum atomic E-state index is -4.71. The van der Waals surface area contributed by atoms with Crippen LogP contribution in [0, 0.1) is 0 Å². The van der Waals surface area contributed by atoms with Gasteiger partial charge in [0, 0.05) is 12.8 Å². The van der Waals surface area contributed by atoms with Gasteiger partial charge >= 0.3 is 5.97 Å². The number of carbonyl (C=O) groups excluding carboxylic acids is 2. The summed E-state index contributed by atoms with van der Waals surface area (Å²) in [5.41, 5.74) is 0. The van der Waals surface area contributed by atoms with Crippen LogP contribution in [0.15, 0.2) is 85.1 Å². The Kier molecular flexibility index (Phi) is 66.9. The Morgan fingerprint density at radius 1 is 0.389 bits per heavy atom. The number of amides is 1. The topological polar surface area (TPSA) is 114 Å². The summed E-state index contributed by atoms with van der Waals surface area (Å²) in [5, 5.41) is 3.05. The molecule has 0 aliphatic rings. The fraction of sp³-hybridized carbons (Fsp3) is 0.800. The molecule has 10 heteroatoms. The number of quaternary nitrogens is 1. The van der Waals surface area contributed by atoms with Crippen LogP contribution in [0.5, 0.6) is 0 Å². The number of carbonyl (C=O) groups is 2. The van der Waals surface area contributed by atoms with Gasteiger partial charge in [0.2, 0.25) is 5.91 Å². The average molecular weight is 1280 g/mol. The molecule has 0 spiro atoms. The largest absolute Gasteiger partial charge is 0.756 e. The minimum absolute atomic E-state index is 0.0241. The third kappa shape index (κ3) is 69.5. The van der Waals surface area contributed by atoms with Crippen molar-refractivity contribution in [3.05, 3.63) is 85.1 Å². The summed E-state index contributed by atoms with van der Waals surface area (Å²) in [6.45, 7) is 6.83. The van der Waals surface area contributed by atoms with Crippen molar-refractivity contribution in [1.82, 2.24) is 5.32 Å². The average Bonchev–Trinajstić information content (AvgIpc) is 3.12. The number of likely N-dealkylation sites (N-methyl/N-ethyl adjacent to an activating group) is 1. The van der Waals surface area contributed by atoms with Gasteiger partial charge in [0.25, 0.3) is 7.82 Å². The highest BCUT2D eigenvalue weighted by Gasteiger charge is 2.27. The number of nitrogens with zero attached hydrogens (tertiary/aromatic N) is 1. The van der Waals surface area contributed by atoms with Crippen molar-refractivity contribution < 1.29 is 37.3 Å². The third-order valence-corrected chi connectivity index (χ3v) is 18.0. The first kappa shape index (κ1) is 87.2. The predicted molar refractivity (Wildman–Crippen MR) is 390 cm³/mol. The lowest BCUT2D eigenvalue weighted by Gasteiger charge is -2.30. The monoisotopic (exact) mass is 1280 g/mol. The molecule has 0 aliphatic carbocycles. The predicted octanol–water partition coefficient (Wildman–Crippen LogP) is 24.2. The van der Waals surface area contributed by atoms with Gasteiger partial charge in [0.15, 0.2) is 0 Å². The molecule has 0 aliphatic heterocycles. The van der Waals surface area contributed by atoms with Crippen LogP contribution in [-0.2, 0) is 27.9 Å². The molecule has 0 saturated carbocycles. The Morgan fingerprint density at radius 3 is 1.03 bits per heavy atom. The van der Waals surface area contributed by atoms with Gasteiger partial charge in [-0.3, -0.25) is 14.2 Å². The molecule has 1 amide bonds. The van der Waals surface area contributed by atoms with E-state index in [-0.39, 0.29) is 31.5 Å². The van der Waals surface area contributed by atoms with Crippen molar-refractivity contribution in [2.24, 2.45) is 0 Å². The highest BCUT2D eigenvalue weighted by molar-refractivity contribution is 7.45. The molecule has 1 N–H and O–H groups in total. The van der Waals surface area contributed by atoms with Crippen LogP contribution in [0.3, 0.4) is 0 Å². The normalized spacial score (nSPS) is 13.9. The zero-order valence-corrected chi connectivity index (χ0v) is 61.0. The van der Waals surface area contributed by atoms with Crippen LogP contribution in [0.1, 0.15) is 361 Å². The fourth-order valence-corrected chi connectivity index (χ4v) is 11.9. The van der Waals surface area contributed by atoms with Gasteiger partial charge in [-0.05, 0) is 109 Å². The standard InChI is InChI=1S/C80H147N2O7P/c1-7-10-13-16-19-22-25-28-30-32-34-36-38-40-41-43-45-47-49-51-53-55-58-61-64-67-70-73-80(84)89-78(71-68-65-62-59-56-27-24-21-18-15-12-9-3)77(76-88-90(85,86)87-75-74-82(4,5)6)81-79(83)72-69-66-63-60-57-54-52-50-48-46-44-42-39-37-35-33-31-29-26-23-20-17-14-11-8-2/h19-20,22-23,28-31,34,36,40-41,68,71,77-78H,7-18,21,24-27,32-33,35,37-39,42-67,69-70,72-76H2,1-6H3,(H-,81,83,85,86)/b22-19-,23-20-,30-28-,31-29-,36-34-,41-40-,71-68+. The number of esters is 1. The summed E-state index contributed by atoms with van der Waals surface area (Å²) in [6, 6.07) is -0.894. The second-order valence-corrected chi connectivity index (χ2v) is 28.6. The first-order chi connectivity index (χ1) is 43.9. The Labute approximate surface area is 558 Å². The summed E-state index contributed by atoms with van der Waals surface area (Å²) in [5.74, 6) is -0.533. The van der Waals surface area contributed by atoms with Crippen LogP contribution in [0.2, 0.25) is 0 Å². The first-order valence-corrected chi connectivity index (χ1v) is 39.9. The molecule has 9 nitrogen and oxygen atoms in total. The summed E-state index contributed by atoms with van der Waals surface area (Å²) >= 11 is 0. The fourth-order valence-electron chi connectivity index (χ4n) is 11.1. The van der Waals surface area contributed by atoms with E-state index in [0.29, 0.717) is 17.4 Å². The number of allylic oxidation sites excluding steroid dienone is 13. The van der Waals surface area contributed by atoms with E-state index in [2.05, 4.69) is 99.0 Å². The Morgan fingerprint density at radius 2 is 0.678 bits per heavy atom. The lowest BCUT2D eigenvalue weighted by atomic mass is 10.0. The smallest absolute Gasteiger partial charge is 0.306 e. The van der Waals surface area contributed by atoms with Crippen molar-refractivity contribution in [3.8, 4) is 0 Å². The summed E-state index contributed by atoms with van der Waals surface area (Å²) in [7, 11) is 1.19. The number of ether oxygens (including phenoxy) is 1. The van der Waals surface area contributed by atoms with Crippen LogP contribution in [-0.4, -0.2) is 69.4 Å². The van der Waals surface area contributed by atoms with E-state index < -0.39 is 20.0 Å². The van der Waals surface area contributed by atoms with Crippen molar-refractivity contribution in [2.45, 2.75) is 373 Å². The Balaban J connectivity index is 4.97.